The van der Waals surface area contributed by atoms with E-state index in [1.165, 1.54) is 64.0 Å². The molecule has 0 aromatic rings. The lowest BCUT2D eigenvalue weighted by Gasteiger charge is -2.13. The maximum Gasteiger partial charge on any atom is 0.293 e. The van der Waals surface area contributed by atoms with Crippen LogP contribution in [0.15, 0.2) is 0 Å². The van der Waals surface area contributed by atoms with Crippen LogP contribution in [0.3, 0.4) is 0 Å². The highest BCUT2D eigenvalue weighted by molar-refractivity contribution is 6.51. The van der Waals surface area contributed by atoms with Crippen LogP contribution in [0.1, 0.15) is 72.1 Å². The summed E-state index contributed by atoms with van der Waals surface area (Å²) in [4.78, 5) is 0. The number of unbranched alkanes of at least 4 members (excludes halogenated alkanes) is 5. The Morgan fingerprint density at radius 1 is 0.688 bits per heavy atom. The minimum atomic E-state index is 0.543. The van der Waals surface area contributed by atoms with Gasteiger partial charge in [0.15, 0.2) is 0 Å². The van der Waals surface area contributed by atoms with Crippen molar-refractivity contribution >= 4 is 6.92 Å². The van der Waals surface area contributed by atoms with E-state index in [0.717, 1.165) is 6.61 Å². The Morgan fingerprint density at radius 2 is 1.25 bits per heavy atom. The van der Waals surface area contributed by atoms with Crippen molar-refractivity contribution in [1.29, 1.82) is 0 Å². The minimum Gasteiger partial charge on any atom is -0.436 e. The van der Waals surface area contributed by atoms with E-state index in [4.69, 9.17) is 4.65 Å². The second-order valence-corrected chi connectivity index (χ2v) is 4.84. The van der Waals surface area contributed by atoms with Gasteiger partial charge in [-0.1, -0.05) is 65.7 Å². The normalized spacial score (nSPS) is 10.7. The van der Waals surface area contributed by atoms with E-state index >= 15 is 0 Å². The SMILES string of the molecule is CCCCCCOB(CCCC)CCCC. The van der Waals surface area contributed by atoms with Crippen molar-refractivity contribution in [3.8, 4) is 0 Å². The van der Waals surface area contributed by atoms with Crippen molar-refractivity contribution in [2.24, 2.45) is 0 Å². The Balaban J connectivity index is 3.48. The highest BCUT2D eigenvalue weighted by Gasteiger charge is 2.13. The average Bonchev–Trinajstić information content (AvgIpc) is 2.31. The topological polar surface area (TPSA) is 9.23 Å². The average molecular weight is 226 g/mol. The van der Waals surface area contributed by atoms with Gasteiger partial charge in [-0.05, 0) is 19.1 Å². The van der Waals surface area contributed by atoms with Crippen molar-refractivity contribution in [2.45, 2.75) is 84.8 Å². The zero-order valence-electron chi connectivity index (χ0n) is 11.8. The summed E-state index contributed by atoms with van der Waals surface area (Å²) in [6.07, 6.45) is 13.0. The van der Waals surface area contributed by atoms with E-state index in [1.54, 1.807) is 0 Å². The summed E-state index contributed by atoms with van der Waals surface area (Å²) in [5, 5.41) is 0. The highest BCUT2D eigenvalue weighted by atomic mass is 16.4. The van der Waals surface area contributed by atoms with Crippen LogP contribution in [0, 0.1) is 0 Å². The fraction of sp³-hybridized carbons (Fsp3) is 1.00. The lowest BCUT2D eigenvalue weighted by molar-refractivity contribution is 0.303. The first-order valence-electron chi connectivity index (χ1n) is 7.46. The molecule has 0 N–H and O–H groups in total. The van der Waals surface area contributed by atoms with Gasteiger partial charge in [0.05, 0.1) is 0 Å². The van der Waals surface area contributed by atoms with Crippen LogP contribution in [-0.4, -0.2) is 13.5 Å². The first-order valence-corrected chi connectivity index (χ1v) is 7.46. The second-order valence-electron chi connectivity index (χ2n) is 4.84. The van der Waals surface area contributed by atoms with E-state index < -0.39 is 0 Å². The largest absolute Gasteiger partial charge is 0.436 e. The molecule has 0 aliphatic rings. The summed E-state index contributed by atoms with van der Waals surface area (Å²) in [7, 11) is 0. The van der Waals surface area contributed by atoms with Gasteiger partial charge in [-0.3, -0.25) is 0 Å². The Kier molecular flexibility index (Phi) is 13.1. The van der Waals surface area contributed by atoms with Gasteiger partial charge in [0.25, 0.3) is 6.92 Å². The third-order valence-corrected chi connectivity index (χ3v) is 3.11. The lowest BCUT2D eigenvalue weighted by Crippen LogP contribution is -2.18. The number of hydrogen-bond acceptors (Lipinski definition) is 1. The Labute approximate surface area is 103 Å². The first kappa shape index (κ1) is 16.0. The molecule has 0 radical (unpaired) electrons. The summed E-state index contributed by atoms with van der Waals surface area (Å²) >= 11 is 0. The monoisotopic (exact) mass is 226 g/mol. The van der Waals surface area contributed by atoms with Crippen molar-refractivity contribution in [3.05, 3.63) is 0 Å². The molecule has 0 atom stereocenters. The van der Waals surface area contributed by atoms with E-state index in [1.807, 2.05) is 0 Å². The van der Waals surface area contributed by atoms with Crippen LogP contribution in [0.5, 0.6) is 0 Å². The molecule has 0 aliphatic heterocycles. The number of hydrogen-bond donors (Lipinski definition) is 0. The molecule has 0 rings (SSSR count). The van der Waals surface area contributed by atoms with E-state index in [-0.39, 0.29) is 0 Å². The summed E-state index contributed by atoms with van der Waals surface area (Å²) < 4.78 is 5.99. The molecule has 0 unspecified atom stereocenters. The standard InChI is InChI=1S/C14H31BO/c1-4-7-10-11-14-16-15(12-8-5-2)13-9-6-3/h4-14H2,1-3H3. The van der Waals surface area contributed by atoms with Gasteiger partial charge in [0.2, 0.25) is 0 Å². The molecule has 96 valence electrons. The number of rotatable bonds is 12. The third kappa shape index (κ3) is 10.5. The Hall–Kier alpha value is 0.0249. The Morgan fingerprint density at radius 3 is 1.75 bits per heavy atom. The summed E-state index contributed by atoms with van der Waals surface area (Å²) in [5.41, 5.74) is 0. The van der Waals surface area contributed by atoms with E-state index in [9.17, 15) is 0 Å². The van der Waals surface area contributed by atoms with Crippen molar-refractivity contribution in [1.82, 2.24) is 0 Å². The molecule has 16 heavy (non-hydrogen) atoms. The third-order valence-electron chi connectivity index (χ3n) is 3.11. The van der Waals surface area contributed by atoms with Gasteiger partial charge in [-0.2, -0.15) is 0 Å². The molecule has 1 nitrogen and oxygen atoms in total. The van der Waals surface area contributed by atoms with E-state index in [2.05, 4.69) is 20.8 Å². The fourth-order valence-electron chi connectivity index (χ4n) is 1.95. The van der Waals surface area contributed by atoms with Crippen molar-refractivity contribution in [2.75, 3.05) is 6.61 Å². The predicted octanol–water partition coefficient (Wildman–Crippen LogP) is 5.18. The molecule has 0 bridgehead atoms. The first-order chi connectivity index (χ1) is 7.85. The molecule has 0 saturated heterocycles. The van der Waals surface area contributed by atoms with Crippen LogP contribution < -0.4 is 0 Å². The molecular formula is C14H31BO. The maximum atomic E-state index is 5.99. The molecule has 0 amide bonds. The van der Waals surface area contributed by atoms with Gasteiger partial charge in [-0.25, -0.2) is 0 Å². The molecule has 2 heteroatoms. The van der Waals surface area contributed by atoms with Gasteiger partial charge in [0, 0.05) is 6.61 Å². The van der Waals surface area contributed by atoms with E-state index in [0.29, 0.717) is 6.92 Å². The zero-order chi connectivity index (χ0) is 12.1. The van der Waals surface area contributed by atoms with Gasteiger partial charge >= 0.3 is 0 Å². The summed E-state index contributed by atoms with van der Waals surface area (Å²) in [6, 6.07) is 0. The summed E-state index contributed by atoms with van der Waals surface area (Å²) in [6.45, 7) is 8.31. The molecule has 0 aromatic carbocycles. The molecular weight excluding hydrogens is 195 g/mol. The second kappa shape index (κ2) is 13.1. The molecule has 0 saturated carbocycles. The molecule has 0 fully saturated rings. The Bertz CT molecular complexity index is 120. The van der Waals surface area contributed by atoms with Gasteiger partial charge < -0.3 is 4.65 Å². The lowest BCUT2D eigenvalue weighted by atomic mass is 9.59. The maximum absolute atomic E-state index is 5.99. The van der Waals surface area contributed by atoms with Crippen molar-refractivity contribution < 1.29 is 4.65 Å². The van der Waals surface area contributed by atoms with Gasteiger partial charge in [-0.15, -0.1) is 0 Å². The fourth-order valence-corrected chi connectivity index (χ4v) is 1.95. The minimum absolute atomic E-state index is 0.543. The molecule has 0 heterocycles. The van der Waals surface area contributed by atoms with Gasteiger partial charge in [0.1, 0.15) is 0 Å². The quantitative estimate of drug-likeness (QED) is 0.329. The van der Waals surface area contributed by atoms with Crippen LogP contribution in [-0.2, 0) is 4.65 Å². The predicted molar refractivity (Wildman–Crippen MR) is 75.3 cm³/mol. The summed E-state index contributed by atoms with van der Waals surface area (Å²) in [5.74, 6) is 0. The van der Waals surface area contributed by atoms with Crippen LogP contribution >= 0.6 is 0 Å². The van der Waals surface area contributed by atoms with Crippen molar-refractivity contribution in [3.63, 3.8) is 0 Å². The molecule has 0 aromatic heterocycles. The molecule has 0 spiro atoms. The zero-order valence-corrected chi connectivity index (χ0v) is 11.8. The highest BCUT2D eigenvalue weighted by Crippen LogP contribution is 2.12. The molecule has 0 aliphatic carbocycles. The van der Waals surface area contributed by atoms with Crippen LogP contribution in [0.25, 0.3) is 0 Å². The van der Waals surface area contributed by atoms with Crippen LogP contribution in [0.2, 0.25) is 12.6 Å². The van der Waals surface area contributed by atoms with Crippen LogP contribution in [0.4, 0.5) is 0 Å². The smallest absolute Gasteiger partial charge is 0.293 e.